The number of furan rings is 1. The zero-order valence-electron chi connectivity index (χ0n) is 10.7. The van der Waals surface area contributed by atoms with Crippen LogP contribution in [0.1, 0.15) is 11.1 Å². The molecule has 19 heavy (non-hydrogen) atoms. The van der Waals surface area contributed by atoms with Crippen molar-refractivity contribution in [2.75, 3.05) is 5.73 Å². The quantitative estimate of drug-likeness (QED) is 0.780. The standard InChI is InChI=1S/C15H15N3O/c1-11-4-6-12(7-5-11)9-18-10-13(16)15(17-18)14-3-2-8-19-14/h2-8,10H,9,16H2,1H3. The minimum atomic E-state index is 0.627. The van der Waals surface area contributed by atoms with Crippen molar-refractivity contribution in [2.24, 2.45) is 0 Å². The molecule has 0 saturated carbocycles. The molecule has 0 spiro atoms. The first-order valence-electron chi connectivity index (χ1n) is 6.15. The molecule has 0 aliphatic rings. The SMILES string of the molecule is Cc1ccc(Cn2cc(N)c(-c3ccco3)n2)cc1. The van der Waals surface area contributed by atoms with Gasteiger partial charge in [-0.25, -0.2) is 0 Å². The normalized spacial score (nSPS) is 10.8. The monoisotopic (exact) mass is 253 g/mol. The van der Waals surface area contributed by atoms with Crippen LogP contribution in [0.2, 0.25) is 0 Å². The highest BCUT2D eigenvalue weighted by molar-refractivity contribution is 5.67. The van der Waals surface area contributed by atoms with Crippen molar-refractivity contribution in [2.45, 2.75) is 13.5 Å². The predicted octanol–water partition coefficient (Wildman–Crippen LogP) is 3.08. The zero-order chi connectivity index (χ0) is 13.2. The lowest BCUT2D eigenvalue weighted by atomic mass is 10.1. The number of hydrogen-bond acceptors (Lipinski definition) is 3. The number of nitrogen functional groups attached to an aromatic ring is 1. The molecule has 0 atom stereocenters. The van der Waals surface area contributed by atoms with Crippen LogP contribution in [-0.4, -0.2) is 9.78 Å². The summed E-state index contributed by atoms with van der Waals surface area (Å²) in [5, 5.41) is 4.47. The lowest BCUT2D eigenvalue weighted by Crippen LogP contribution is -2.00. The maximum absolute atomic E-state index is 5.97. The third-order valence-corrected chi connectivity index (χ3v) is 3.01. The van der Waals surface area contributed by atoms with E-state index in [4.69, 9.17) is 10.2 Å². The highest BCUT2D eigenvalue weighted by Gasteiger charge is 2.10. The van der Waals surface area contributed by atoms with E-state index in [9.17, 15) is 0 Å². The smallest absolute Gasteiger partial charge is 0.156 e. The molecule has 3 rings (SSSR count). The first kappa shape index (κ1) is 11.6. The van der Waals surface area contributed by atoms with Crippen molar-refractivity contribution >= 4 is 5.69 Å². The van der Waals surface area contributed by atoms with Crippen LogP contribution in [0, 0.1) is 6.92 Å². The summed E-state index contributed by atoms with van der Waals surface area (Å²) in [6.45, 7) is 2.77. The molecule has 0 amide bonds. The van der Waals surface area contributed by atoms with E-state index in [1.807, 2.05) is 23.0 Å². The first-order valence-corrected chi connectivity index (χ1v) is 6.15. The molecule has 3 aromatic rings. The van der Waals surface area contributed by atoms with Crippen molar-refractivity contribution in [1.29, 1.82) is 0 Å². The van der Waals surface area contributed by atoms with E-state index >= 15 is 0 Å². The molecule has 1 aromatic carbocycles. The third kappa shape index (κ3) is 2.38. The minimum absolute atomic E-state index is 0.627. The van der Waals surface area contributed by atoms with Gasteiger partial charge in [0, 0.05) is 6.20 Å². The van der Waals surface area contributed by atoms with E-state index in [1.54, 1.807) is 6.26 Å². The van der Waals surface area contributed by atoms with Crippen LogP contribution in [0.4, 0.5) is 5.69 Å². The Balaban J connectivity index is 1.87. The van der Waals surface area contributed by atoms with Crippen LogP contribution in [0.25, 0.3) is 11.5 Å². The Hall–Kier alpha value is -2.49. The molecule has 0 aliphatic heterocycles. The maximum atomic E-state index is 5.97. The fourth-order valence-corrected chi connectivity index (χ4v) is 2.00. The summed E-state index contributed by atoms with van der Waals surface area (Å²) in [6.07, 6.45) is 3.45. The maximum Gasteiger partial charge on any atom is 0.156 e. The second-order valence-electron chi connectivity index (χ2n) is 4.59. The molecule has 96 valence electrons. The van der Waals surface area contributed by atoms with Crippen molar-refractivity contribution in [3.8, 4) is 11.5 Å². The van der Waals surface area contributed by atoms with Gasteiger partial charge in [0.1, 0.15) is 0 Å². The molecule has 4 nitrogen and oxygen atoms in total. The van der Waals surface area contributed by atoms with Gasteiger partial charge in [0.2, 0.25) is 0 Å². The van der Waals surface area contributed by atoms with E-state index < -0.39 is 0 Å². The number of nitrogens with two attached hydrogens (primary N) is 1. The molecular formula is C15H15N3O. The Morgan fingerprint density at radius 3 is 2.68 bits per heavy atom. The number of aryl methyl sites for hydroxylation is 1. The van der Waals surface area contributed by atoms with Crippen LogP contribution in [0.3, 0.4) is 0 Å². The summed E-state index contributed by atoms with van der Waals surface area (Å²) < 4.78 is 7.16. The summed E-state index contributed by atoms with van der Waals surface area (Å²) in [7, 11) is 0. The number of nitrogens with zero attached hydrogens (tertiary/aromatic N) is 2. The molecule has 4 heteroatoms. The van der Waals surface area contributed by atoms with Crippen LogP contribution >= 0.6 is 0 Å². The molecule has 0 bridgehead atoms. The molecular weight excluding hydrogens is 238 g/mol. The van der Waals surface area contributed by atoms with Gasteiger partial charge in [-0.3, -0.25) is 4.68 Å². The Bertz CT molecular complexity index is 666. The zero-order valence-corrected chi connectivity index (χ0v) is 10.7. The number of aromatic nitrogens is 2. The predicted molar refractivity (Wildman–Crippen MR) is 74.6 cm³/mol. The van der Waals surface area contributed by atoms with Gasteiger partial charge in [0.15, 0.2) is 11.5 Å². The van der Waals surface area contributed by atoms with Gasteiger partial charge >= 0.3 is 0 Å². The number of hydrogen-bond donors (Lipinski definition) is 1. The number of benzene rings is 1. The van der Waals surface area contributed by atoms with E-state index in [0.29, 0.717) is 23.7 Å². The Morgan fingerprint density at radius 2 is 2.00 bits per heavy atom. The van der Waals surface area contributed by atoms with Gasteiger partial charge in [-0.1, -0.05) is 29.8 Å². The van der Waals surface area contributed by atoms with Crippen molar-refractivity contribution < 1.29 is 4.42 Å². The lowest BCUT2D eigenvalue weighted by molar-refractivity contribution is 0.576. The molecule has 0 fully saturated rings. The van der Waals surface area contributed by atoms with Crippen LogP contribution in [0.5, 0.6) is 0 Å². The van der Waals surface area contributed by atoms with Crippen molar-refractivity contribution in [3.05, 3.63) is 60.0 Å². The van der Waals surface area contributed by atoms with Crippen LogP contribution in [-0.2, 0) is 6.54 Å². The third-order valence-electron chi connectivity index (χ3n) is 3.01. The highest BCUT2D eigenvalue weighted by Crippen LogP contribution is 2.24. The van der Waals surface area contributed by atoms with Crippen molar-refractivity contribution in [3.63, 3.8) is 0 Å². The van der Waals surface area contributed by atoms with Gasteiger partial charge in [0.05, 0.1) is 18.5 Å². The number of anilines is 1. The molecule has 2 aromatic heterocycles. The second kappa shape index (κ2) is 4.65. The average Bonchev–Trinajstić information content (AvgIpc) is 3.01. The minimum Gasteiger partial charge on any atom is -0.463 e. The second-order valence-corrected chi connectivity index (χ2v) is 4.59. The molecule has 2 N–H and O–H groups in total. The number of rotatable bonds is 3. The Kier molecular flexibility index (Phi) is 2.83. The molecule has 0 aliphatic carbocycles. The van der Waals surface area contributed by atoms with E-state index in [0.717, 1.165) is 0 Å². The van der Waals surface area contributed by atoms with Gasteiger partial charge < -0.3 is 10.2 Å². The Labute approximate surface area is 111 Å². The van der Waals surface area contributed by atoms with Gasteiger partial charge in [-0.05, 0) is 24.6 Å². The largest absolute Gasteiger partial charge is 0.463 e. The molecule has 0 unspecified atom stereocenters. The summed E-state index contributed by atoms with van der Waals surface area (Å²) in [5.74, 6) is 0.695. The fraction of sp³-hybridized carbons (Fsp3) is 0.133. The average molecular weight is 253 g/mol. The summed E-state index contributed by atoms with van der Waals surface area (Å²) in [4.78, 5) is 0. The highest BCUT2D eigenvalue weighted by atomic mass is 16.3. The Morgan fingerprint density at radius 1 is 1.21 bits per heavy atom. The van der Waals surface area contributed by atoms with Gasteiger partial charge in [0.25, 0.3) is 0 Å². The summed E-state index contributed by atoms with van der Waals surface area (Å²) in [6, 6.07) is 12.1. The molecule has 2 heterocycles. The topological polar surface area (TPSA) is 57.0 Å². The summed E-state index contributed by atoms with van der Waals surface area (Å²) in [5.41, 5.74) is 9.73. The van der Waals surface area contributed by atoms with Crippen LogP contribution < -0.4 is 5.73 Å². The van der Waals surface area contributed by atoms with Gasteiger partial charge in [-0.15, -0.1) is 0 Å². The van der Waals surface area contributed by atoms with Crippen LogP contribution in [0.15, 0.2) is 53.3 Å². The van der Waals surface area contributed by atoms with E-state index in [2.05, 4.69) is 36.3 Å². The first-order chi connectivity index (χ1) is 9.22. The lowest BCUT2D eigenvalue weighted by Gasteiger charge is -2.02. The van der Waals surface area contributed by atoms with Crippen molar-refractivity contribution in [1.82, 2.24) is 9.78 Å². The fourth-order valence-electron chi connectivity index (χ4n) is 2.00. The molecule has 0 radical (unpaired) electrons. The van der Waals surface area contributed by atoms with E-state index in [-0.39, 0.29) is 0 Å². The van der Waals surface area contributed by atoms with E-state index in [1.165, 1.54) is 11.1 Å². The van der Waals surface area contributed by atoms with Gasteiger partial charge in [-0.2, -0.15) is 5.10 Å². The molecule has 0 saturated heterocycles. The summed E-state index contributed by atoms with van der Waals surface area (Å²) >= 11 is 0.